The van der Waals surface area contributed by atoms with E-state index in [4.69, 9.17) is 16.8 Å². The number of nitrogens with zero attached hydrogens (tertiary/aromatic N) is 2. The van der Waals surface area contributed by atoms with Crippen LogP contribution in [-0.4, -0.2) is 98.2 Å². The van der Waals surface area contributed by atoms with Crippen LogP contribution in [0, 0.1) is 11.8 Å². The monoisotopic (exact) mass is 787 g/mol. The van der Waals surface area contributed by atoms with E-state index in [1.165, 1.54) is 17.2 Å². The molecule has 0 radical (unpaired) electrons. The summed E-state index contributed by atoms with van der Waals surface area (Å²) in [5.41, 5.74) is 16.7. The highest BCUT2D eigenvalue weighted by molar-refractivity contribution is 5.86. The number of carbonyl (C=O) groups is 3. The number of carbonyl (C=O) groups excluding carboxylic acids is 2. The Kier molecular flexibility index (Phi) is 16.2. The Morgan fingerprint density at radius 3 is 2.53 bits per heavy atom. The molecule has 2 aromatic carbocycles. The van der Waals surface area contributed by atoms with Crippen LogP contribution in [0.2, 0.25) is 0 Å². The molecule has 2 aliphatic rings. The molecule has 3 aromatic rings. The van der Waals surface area contributed by atoms with Gasteiger partial charge in [0.2, 0.25) is 0 Å². The molecule has 0 saturated heterocycles. The SMILES string of the molecule is NC1=NC(C(=CC(=O)O)C(CC2CCc3cc4ccc(CC=O)cc4cc3C2CCCC(N)CCC(C=O)CCC(O)O)[N-]c2ccc[nH]2)CC(C(O)CCO)N1. The van der Waals surface area contributed by atoms with Crippen molar-refractivity contribution in [2.75, 3.05) is 6.61 Å². The highest BCUT2D eigenvalue weighted by Crippen LogP contribution is 2.46. The molecule has 5 rings (SSSR count). The molecule has 14 nitrogen and oxygen atoms in total. The Morgan fingerprint density at radius 2 is 1.82 bits per heavy atom. The first-order valence-corrected chi connectivity index (χ1v) is 20.2. The summed E-state index contributed by atoms with van der Waals surface area (Å²) in [6.45, 7) is -0.221. The van der Waals surface area contributed by atoms with E-state index in [0.29, 0.717) is 43.5 Å². The molecule has 0 spiro atoms. The van der Waals surface area contributed by atoms with Crippen LogP contribution in [0.15, 0.2) is 65.3 Å². The van der Waals surface area contributed by atoms with Crippen LogP contribution < -0.4 is 16.8 Å². The number of rotatable bonds is 23. The van der Waals surface area contributed by atoms with Crippen molar-refractivity contribution in [2.24, 2.45) is 28.3 Å². The zero-order valence-electron chi connectivity index (χ0n) is 32.5. The van der Waals surface area contributed by atoms with Crippen LogP contribution in [0.3, 0.4) is 0 Å². The van der Waals surface area contributed by atoms with Gasteiger partial charge in [0.05, 0.1) is 18.2 Å². The average molecular weight is 788 g/mol. The molecule has 0 fully saturated rings. The normalized spacial score (nSPS) is 21.9. The summed E-state index contributed by atoms with van der Waals surface area (Å²) in [5.74, 6) is -0.608. The van der Waals surface area contributed by atoms with Crippen LogP contribution >= 0.6 is 0 Å². The van der Waals surface area contributed by atoms with Crippen molar-refractivity contribution in [3.05, 3.63) is 82.3 Å². The number of hydrogen-bond donors (Lipinski definition) is 9. The van der Waals surface area contributed by atoms with Gasteiger partial charge in [-0.15, -0.1) is 0 Å². The van der Waals surface area contributed by atoms with Crippen molar-refractivity contribution in [2.45, 2.75) is 126 Å². The molecule has 11 N–H and O–H groups in total. The lowest BCUT2D eigenvalue weighted by atomic mass is 9.69. The quantitative estimate of drug-likeness (QED) is 0.0377. The fourth-order valence-corrected chi connectivity index (χ4v) is 8.70. The zero-order valence-corrected chi connectivity index (χ0v) is 32.5. The molecule has 1 aromatic heterocycles. The molecule has 0 saturated carbocycles. The van der Waals surface area contributed by atoms with Gasteiger partial charge in [-0.3, -0.25) is 0 Å². The number of H-pyrrole nitrogens is 1. The predicted octanol–water partition coefficient (Wildman–Crippen LogP) is 4.00. The minimum atomic E-state index is -1.45. The van der Waals surface area contributed by atoms with Crippen molar-refractivity contribution < 1.29 is 39.9 Å². The molecular formula is C43H59N6O8-. The minimum Gasteiger partial charge on any atom is -0.478 e. The first-order valence-electron chi connectivity index (χ1n) is 20.2. The van der Waals surface area contributed by atoms with Crippen LogP contribution in [0.4, 0.5) is 5.82 Å². The lowest BCUT2D eigenvalue weighted by Gasteiger charge is -2.41. The van der Waals surface area contributed by atoms with Crippen LogP contribution in [-0.2, 0) is 27.2 Å². The topological polar surface area (TPSA) is 259 Å². The fraction of sp³-hybridized carbons (Fsp3) is 0.535. The van der Waals surface area contributed by atoms with Gasteiger partial charge >= 0.3 is 5.97 Å². The third kappa shape index (κ3) is 12.4. The van der Waals surface area contributed by atoms with Crippen molar-refractivity contribution in [3.63, 3.8) is 0 Å². The largest absolute Gasteiger partial charge is 0.478 e. The second-order valence-corrected chi connectivity index (χ2v) is 15.7. The molecule has 14 heteroatoms. The summed E-state index contributed by atoms with van der Waals surface area (Å²) >= 11 is 0. The maximum atomic E-state index is 12.5. The molecule has 2 heterocycles. The van der Waals surface area contributed by atoms with Crippen molar-refractivity contribution >= 4 is 41.1 Å². The van der Waals surface area contributed by atoms with Gasteiger partial charge in [-0.1, -0.05) is 60.9 Å². The molecule has 8 atom stereocenters. The Balaban J connectivity index is 1.45. The Morgan fingerprint density at radius 1 is 1.02 bits per heavy atom. The van der Waals surface area contributed by atoms with Gasteiger partial charge in [0.25, 0.3) is 0 Å². The maximum Gasteiger partial charge on any atom is 0.328 e. The highest BCUT2D eigenvalue weighted by atomic mass is 16.5. The Bertz CT molecular complexity index is 1830. The number of aliphatic imine (C=N–C) groups is 1. The van der Waals surface area contributed by atoms with Crippen molar-refractivity contribution in [1.29, 1.82) is 0 Å². The number of carboxylic acid groups (broad SMARTS) is 1. The third-order valence-corrected chi connectivity index (χ3v) is 11.7. The number of aryl methyl sites for hydroxylation is 1. The smallest absolute Gasteiger partial charge is 0.328 e. The van der Waals surface area contributed by atoms with E-state index >= 15 is 0 Å². The standard InChI is InChI=1S/C43H59N6O8/c44-32(12-7-27(25-52)8-13-41(54)55)3-1-4-33-30(11-10-29-20-28-9-6-26(14-17-50)19-31(28)21-34(29)33)22-36(47-40-5-2-16-46-40)35(23-42(56)57)37-24-38(39(53)15-18-51)49-43(45)48-37/h2,5-6,9,16-17,19-21,23,25,27,30,32-33,36-39,41,46,51,53-55H,1,3-4,7-8,10-15,18,22,24,44H2,(H,56,57)(H3,45,48,49)/q-1. The summed E-state index contributed by atoms with van der Waals surface area (Å²) in [4.78, 5) is 43.3. The number of nitrogens with two attached hydrogens (primary N) is 2. The number of guanidine groups is 1. The van der Waals surface area contributed by atoms with Gasteiger partial charge in [0, 0.05) is 31.1 Å². The number of aliphatic hydroxyl groups is 4. The maximum absolute atomic E-state index is 12.5. The molecule has 0 bridgehead atoms. The number of carboxylic acids is 1. The van der Waals surface area contributed by atoms with Crippen molar-refractivity contribution in [3.8, 4) is 0 Å². The number of fused-ring (bicyclic) bond motifs is 2. The van der Waals surface area contributed by atoms with E-state index in [1.807, 2.05) is 18.2 Å². The lowest BCUT2D eigenvalue weighted by molar-refractivity contribution is -0.131. The van der Waals surface area contributed by atoms with Gasteiger partial charge in [0.1, 0.15) is 12.6 Å². The highest BCUT2D eigenvalue weighted by Gasteiger charge is 2.36. The van der Waals surface area contributed by atoms with Crippen LogP contribution in [0.5, 0.6) is 0 Å². The second kappa shape index (κ2) is 21.2. The fourth-order valence-electron chi connectivity index (χ4n) is 8.70. The molecule has 310 valence electrons. The Labute approximate surface area is 333 Å². The summed E-state index contributed by atoms with van der Waals surface area (Å²) in [5, 5.41) is 59.3. The van der Waals surface area contributed by atoms with Gasteiger partial charge in [-0.2, -0.15) is 0 Å². The molecular weight excluding hydrogens is 729 g/mol. The van der Waals surface area contributed by atoms with Gasteiger partial charge < -0.3 is 62.2 Å². The number of aldehydes is 2. The predicted molar refractivity (Wildman–Crippen MR) is 219 cm³/mol. The summed E-state index contributed by atoms with van der Waals surface area (Å²) < 4.78 is 0. The van der Waals surface area contributed by atoms with Gasteiger partial charge in [-0.25, -0.2) is 9.79 Å². The number of aromatic amines is 1. The van der Waals surface area contributed by atoms with E-state index in [-0.39, 0.29) is 55.6 Å². The average Bonchev–Trinajstić information content (AvgIpc) is 3.70. The molecule has 1 aliphatic carbocycles. The second-order valence-electron chi connectivity index (χ2n) is 15.7. The summed E-state index contributed by atoms with van der Waals surface area (Å²) in [6.07, 6.45) is 9.28. The summed E-state index contributed by atoms with van der Waals surface area (Å²) in [6, 6.07) is 12.3. The number of aliphatic carboxylic acids is 1. The molecule has 1 aliphatic heterocycles. The first kappa shape index (κ1) is 43.5. The Hall–Kier alpha value is -4.60. The summed E-state index contributed by atoms with van der Waals surface area (Å²) in [7, 11) is 0. The van der Waals surface area contributed by atoms with E-state index in [9.17, 15) is 39.9 Å². The lowest BCUT2D eigenvalue weighted by Crippen LogP contribution is -2.52. The third-order valence-electron chi connectivity index (χ3n) is 11.7. The first-order chi connectivity index (χ1) is 27.5. The minimum absolute atomic E-state index is 0.0713. The van der Waals surface area contributed by atoms with Crippen LogP contribution in [0.1, 0.15) is 93.2 Å². The van der Waals surface area contributed by atoms with E-state index in [1.54, 1.807) is 6.20 Å². The number of aromatic nitrogens is 1. The van der Waals surface area contributed by atoms with Gasteiger partial charge in [-0.05, 0) is 122 Å². The molecule has 57 heavy (non-hydrogen) atoms. The van der Waals surface area contributed by atoms with Crippen LogP contribution in [0.25, 0.3) is 16.1 Å². The van der Waals surface area contributed by atoms with E-state index < -0.39 is 36.5 Å². The number of hydrogen-bond acceptors (Lipinski definition) is 11. The number of nitrogens with one attached hydrogen (secondary N) is 2. The van der Waals surface area contributed by atoms with E-state index in [0.717, 1.165) is 61.0 Å². The van der Waals surface area contributed by atoms with E-state index in [2.05, 4.69) is 39.6 Å². The number of benzene rings is 2. The van der Waals surface area contributed by atoms with Gasteiger partial charge in [0.15, 0.2) is 12.2 Å². The van der Waals surface area contributed by atoms with Crippen molar-refractivity contribution in [1.82, 2.24) is 10.3 Å². The molecule has 0 amide bonds. The molecule has 8 unspecified atom stereocenters. The number of aliphatic hydroxyl groups excluding tert-OH is 3. The zero-order chi connectivity index (χ0) is 40.9.